The molecule has 0 fully saturated rings. The van der Waals surface area contributed by atoms with Crippen molar-refractivity contribution >= 4 is 74.5 Å². The zero-order valence-electron chi connectivity index (χ0n) is 26.4. The summed E-state index contributed by atoms with van der Waals surface area (Å²) in [5, 5.41) is 15.2. The Morgan fingerprint density at radius 3 is 1.22 bits per heavy atom. The van der Waals surface area contributed by atoms with Crippen LogP contribution in [0, 0.1) is 0 Å². The van der Waals surface area contributed by atoms with Gasteiger partial charge in [0.25, 0.3) is 0 Å². The van der Waals surface area contributed by atoms with Crippen molar-refractivity contribution < 1.29 is 8.42 Å². The molecule has 2 nitrogen and oxygen atoms in total. The van der Waals surface area contributed by atoms with Crippen molar-refractivity contribution in [3.05, 3.63) is 170 Å². The summed E-state index contributed by atoms with van der Waals surface area (Å²) in [5.74, 6) is 0. The van der Waals surface area contributed by atoms with Crippen LogP contribution in [-0.2, 0) is 9.84 Å². The molecule has 0 unspecified atom stereocenters. The lowest BCUT2D eigenvalue weighted by Crippen LogP contribution is -2.01. The smallest absolute Gasteiger partial charge is 0.206 e. The molecule has 0 radical (unpaired) electrons. The molecule has 0 heterocycles. The Bertz CT molecular complexity index is 3010. The number of benzene rings is 9. The van der Waals surface area contributed by atoms with E-state index in [1.807, 2.05) is 18.2 Å². The van der Waals surface area contributed by atoms with Gasteiger partial charge >= 0.3 is 0 Å². The first-order chi connectivity index (χ1) is 24.0. The molecule has 0 N–H and O–H groups in total. The summed E-state index contributed by atoms with van der Waals surface area (Å²) in [5.41, 5.74) is 4.29. The van der Waals surface area contributed by atoms with Crippen molar-refractivity contribution in [1.82, 2.24) is 0 Å². The van der Waals surface area contributed by atoms with Crippen LogP contribution in [0.4, 0.5) is 0 Å². The third-order valence-electron chi connectivity index (χ3n) is 10.2. The maximum absolute atomic E-state index is 13.1. The summed E-state index contributed by atoms with van der Waals surface area (Å²) in [6.07, 6.45) is 0. The monoisotopic (exact) mass is 644 g/mol. The van der Waals surface area contributed by atoms with Gasteiger partial charge in [-0.2, -0.15) is 0 Å². The first kappa shape index (κ1) is 28.0. The SMILES string of the molecule is O=S(=O)(c1ccccc1)c1ccc(-c2ccc(-c3cc4ccc5cccc6c7cccc8ccc9cccc(c(c3)c4c56)c9c87)cc2)cc1. The van der Waals surface area contributed by atoms with E-state index in [-0.39, 0.29) is 0 Å². The summed E-state index contributed by atoms with van der Waals surface area (Å²) in [7, 11) is -3.56. The van der Waals surface area contributed by atoms with Gasteiger partial charge in [0.2, 0.25) is 9.84 Å². The zero-order valence-corrected chi connectivity index (χ0v) is 27.2. The fourth-order valence-corrected chi connectivity index (χ4v) is 9.15. The minimum atomic E-state index is -3.56. The van der Waals surface area contributed by atoms with Crippen LogP contribution in [-0.4, -0.2) is 8.42 Å². The van der Waals surface area contributed by atoms with Gasteiger partial charge in [0, 0.05) is 0 Å². The van der Waals surface area contributed by atoms with Crippen LogP contribution in [0.25, 0.3) is 86.9 Å². The lowest BCUT2D eigenvalue weighted by molar-refractivity contribution is 0.596. The van der Waals surface area contributed by atoms with E-state index < -0.39 is 9.84 Å². The Hall–Kier alpha value is -6.03. The molecule has 0 aliphatic carbocycles. The average Bonchev–Trinajstić information content (AvgIpc) is 3.16. The second-order valence-electron chi connectivity index (χ2n) is 12.9. The quantitative estimate of drug-likeness (QED) is 0.179. The number of rotatable bonds is 4. The van der Waals surface area contributed by atoms with Gasteiger partial charge in [-0.15, -0.1) is 0 Å². The third kappa shape index (κ3) is 4.23. The van der Waals surface area contributed by atoms with Gasteiger partial charge in [-0.25, -0.2) is 8.42 Å². The third-order valence-corrected chi connectivity index (χ3v) is 12.0. The second kappa shape index (κ2) is 10.5. The van der Waals surface area contributed by atoms with Crippen LogP contribution in [0.15, 0.2) is 180 Å². The van der Waals surface area contributed by atoms with Gasteiger partial charge in [-0.3, -0.25) is 0 Å². The average molecular weight is 645 g/mol. The summed E-state index contributed by atoms with van der Waals surface area (Å²) in [6.45, 7) is 0. The maximum Gasteiger partial charge on any atom is 0.206 e. The molecule has 0 spiro atoms. The molecule has 230 valence electrons. The van der Waals surface area contributed by atoms with Crippen molar-refractivity contribution in [2.24, 2.45) is 0 Å². The summed E-state index contributed by atoms with van der Waals surface area (Å²) < 4.78 is 26.2. The van der Waals surface area contributed by atoms with Gasteiger partial charge in [0.05, 0.1) is 9.79 Å². The number of hydrogen-bond donors (Lipinski definition) is 0. The Labute approximate surface area is 283 Å². The fraction of sp³-hybridized carbons (Fsp3) is 0. The molecule has 0 saturated heterocycles. The van der Waals surface area contributed by atoms with E-state index in [0.29, 0.717) is 9.79 Å². The van der Waals surface area contributed by atoms with Crippen LogP contribution in [0.2, 0.25) is 0 Å². The standard InChI is InChI=1S/C46H28O2S/c47-49(48,37-10-2-1-3-11-37)38-25-23-30(24-26-38)29-15-17-31(18-16-29)36-27-35-22-21-34-8-5-13-40-39-12-4-7-32-19-20-33-9-6-14-41(45(33)43(32)39)42(28-36)46(35)44(34)40/h1-28H. The van der Waals surface area contributed by atoms with Crippen molar-refractivity contribution in [2.45, 2.75) is 9.79 Å². The van der Waals surface area contributed by atoms with Gasteiger partial charge in [-0.1, -0.05) is 133 Å². The van der Waals surface area contributed by atoms with E-state index in [0.717, 1.165) is 22.3 Å². The maximum atomic E-state index is 13.1. The first-order valence-electron chi connectivity index (χ1n) is 16.5. The van der Waals surface area contributed by atoms with E-state index in [9.17, 15) is 8.42 Å². The second-order valence-corrected chi connectivity index (χ2v) is 14.8. The molecular formula is C46H28O2S. The molecular weight excluding hydrogens is 617 g/mol. The highest BCUT2D eigenvalue weighted by Gasteiger charge is 2.18. The summed E-state index contributed by atoms with van der Waals surface area (Å²) in [4.78, 5) is 0.592. The van der Waals surface area contributed by atoms with Gasteiger partial charge in [0.1, 0.15) is 0 Å². The van der Waals surface area contributed by atoms with E-state index >= 15 is 0 Å². The minimum Gasteiger partial charge on any atom is -0.219 e. The number of fused-ring (bicyclic) bond motifs is 2. The number of sulfone groups is 1. The van der Waals surface area contributed by atoms with E-state index in [1.165, 1.54) is 64.6 Å². The molecule has 10 rings (SSSR count). The van der Waals surface area contributed by atoms with Crippen LogP contribution in [0.1, 0.15) is 0 Å². The van der Waals surface area contributed by atoms with Crippen LogP contribution in [0.3, 0.4) is 0 Å². The highest BCUT2D eigenvalue weighted by molar-refractivity contribution is 7.91. The van der Waals surface area contributed by atoms with Crippen LogP contribution >= 0.6 is 0 Å². The normalized spacial score (nSPS) is 12.2. The van der Waals surface area contributed by atoms with Crippen LogP contribution < -0.4 is 0 Å². The van der Waals surface area contributed by atoms with Gasteiger partial charge in [-0.05, 0) is 123 Å². The largest absolute Gasteiger partial charge is 0.219 e. The molecule has 0 atom stereocenters. The Morgan fingerprint density at radius 2 is 0.694 bits per heavy atom. The molecule has 0 amide bonds. The van der Waals surface area contributed by atoms with Crippen molar-refractivity contribution in [2.75, 3.05) is 0 Å². The van der Waals surface area contributed by atoms with Crippen molar-refractivity contribution in [3.63, 3.8) is 0 Å². The predicted octanol–water partition coefficient (Wildman–Crippen LogP) is 12.2. The fourth-order valence-electron chi connectivity index (χ4n) is 7.87. The van der Waals surface area contributed by atoms with E-state index in [2.05, 4.69) is 115 Å². The molecule has 49 heavy (non-hydrogen) atoms. The zero-order chi connectivity index (χ0) is 32.7. The molecule has 0 aliphatic rings. The lowest BCUT2D eigenvalue weighted by Gasteiger charge is -2.17. The highest BCUT2D eigenvalue weighted by atomic mass is 32.2. The van der Waals surface area contributed by atoms with Gasteiger partial charge in [0.15, 0.2) is 0 Å². The molecule has 0 bridgehead atoms. The van der Waals surface area contributed by atoms with E-state index in [4.69, 9.17) is 0 Å². The van der Waals surface area contributed by atoms with Gasteiger partial charge < -0.3 is 0 Å². The Morgan fingerprint density at radius 1 is 0.286 bits per heavy atom. The number of hydrogen-bond acceptors (Lipinski definition) is 2. The molecule has 0 aromatic heterocycles. The molecule has 0 saturated carbocycles. The summed E-state index contributed by atoms with van der Waals surface area (Å²) in [6, 6.07) is 58.1. The summed E-state index contributed by atoms with van der Waals surface area (Å²) >= 11 is 0. The topological polar surface area (TPSA) is 34.1 Å². The Balaban J connectivity index is 1.16. The van der Waals surface area contributed by atoms with Crippen LogP contribution in [0.5, 0.6) is 0 Å². The van der Waals surface area contributed by atoms with Crippen molar-refractivity contribution in [1.29, 1.82) is 0 Å². The first-order valence-corrected chi connectivity index (χ1v) is 18.0. The lowest BCUT2D eigenvalue weighted by atomic mass is 9.86. The highest BCUT2D eigenvalue weighted by Crippen LogP contribution is 2.44. The molecule has 3 heteroatoms. The Kier molecular flexibility index (Phi) is 6.00. The van der Waals surface area contributed by atoms with E-state index in [1.54, 1.807) is 36.4 Å². The molecule has 10 aromatic rings. The van der Waals surface area contributed by atoms with Crippen molar-refractivity contribution in [3.8, 4) is 22.3 Å². The predicted molar refractivity (Wildman–Crippen MR) is 205 cm³/mol. The minimum absolute atomic E-state index is 0.292. The molecule has 10 aromatic carbocycles. The molecule has 0 aliphatic heterocycles.